The maximum absolute atomic E-state index is 13.0. The average Bonchev–Trinajstić information content (AvgIpc) is 2.39. The molecular formula is C15H12ClF2NO. The fourth-order valence-electron chi connectivity index (χ4n) is 1.76. The second kappa shape index (κ2) is 6.01. The molecule has 0 saturated heterocycles. The minimum atomic E-state index is -3.44. The van der Waals surface area contributed by atoms with Crippen LogP contribution in [0.2, 0.25) is 0 Å². The first-order valence-corrected chi connectivity index (χ1v) is 6.34. The molecule has 0 unspecified atom stereocenters. The summed E-state index contributed by atoms with van der Waals surface area (Å²) in [7, 11) is 0. The minimum absolute atomic E-state index is 0.183. The van der Waals surface area contributed by atoms with E-state index in [1.54, 1.807) is 0 Å². The van der Waals surface area contributed by atoms with E-state index in [2.05, 4.69) is 5.32 Å². The molecule has 2 nitrogen and oxygen atoms in total. The van der Waals surface area contributed by atoms with Crippen LogP contribution in [0.3, 0.4) is 0 Å². The van der Waals surface area contributed by atoms with Gasteiger partial charge in [-0.3, -0.25) is 4.79 Å². The van der Waals surface area contributed by atoms with Crippen molar-refractivity contribution in [2.75, 3.05) is 5.32 Å². The Bertz CT molecular complexity index is 596. The maximum Gasteiger partial charge on any atom is 0.348 e. The second-order valence-corrected chi connectivity index (χ2v) is 4.76. The molecule has 0 aliphatic carbocycles. The molecule has 0 radical (unpaired) electrons. The minimum Gasteiger partial charge on any atom is -0.326 e. The zero-order valence-electron chi connectivity index (χ0n) is 10.4. The number of carbonyl (C=O) groups excluding carboxylic acids is 1. The van der Waals surface area contributed by atoms with E-state index < -0.39 is 5.38 Å². The van der Waals surface area contributed by atoms with Crippen LogP contribution in [0.5, 0.6) is 0 Å². The van der Waals surface area contributed by atoms with E-state index >= 15 is 0 Å². The summed E-state index contributed by atoms with van der Waals surface area (Å²) in [5.41, 5.74) is 0.796. The van der Waals surface area contributed by atoms with Crippen molar-refractivity contribution in [2.45, 2.75) is 11.8 Å². The zero-order chi connectivity index (χ0) is 14.6. The monoisotopic (exact) mass is 295 g/mol. The molecule has 0 bridgehead atoms. The quantitative estimate of drug-likeness (QED) is 0.843. The summed E-state index contributed by atoms with van der Waals surface area (Å²) < 4.78 is 25.9. The normalized spacial score (nSPS) is 11.2. The molecule has 0 aliphatic rings. The Morgan fingerprint density at radius 3 is 2.45 bits per heavy atom. The van der Waals surface area contributed by atoms with E-state index in [0.717, 1.165) is 11.6 Å². The lowest BCUT2D eigenvalue weighted by molar-refractivity contribution is -0.115. The Kier molecular flexibility index (Phi) is 4.35. The largest absolute Gasteiger partial charge is 0.348 e. The van der Waals surface area contributed by atoms with Crippen LogP contribution in [0.25, 0.3) is 0 Å². The lowest BCUT2D eigenvalue weighted by Gasteiger charge is -2.10. The highest BCUT2D eigenvalue weighted by Crippen LogP contribution is 2.33. The Hall–Kier alpha value is -1.94. The van der Waals surface area contributed by atoms with E-state index in [1.807, 2.05) is 30.3 Å². The van der Waals surface area contributed by atoms with Gasteiger partial charge < -0.3 is 5.32 Å². The average molecular weight is 296 g/mol. The second-order valence-electron chi connectivity index (χ2n) is 4.29. The topological polar surface area (TPSA) is 29.1 Å². The number of rotatable bonds is 4. The summed E-state index contributed by atoms with van der Waals surface area (Å²) in [6.07, 6.45) is 0.183. The van der Waals surface area contributed by atoms with Gasteiger partial charge in [0.15, 0.2) is 0 Å². The molecule has 0 aliphatic heterocycles. The number of anilines is 1. The molecule has 2 rings (SSSR count). The van der Waals surface area contributed by atoms with Crippen molar-refractivity contribution in [1.29, 1.82) is 0 Å². The third-order valence-electron chi connectivity index (χ3n) is 2.68. The SMILES string of the molecule is O=C(Cc1ccccc1)Nc1cccc(C(F)(F)Cl)c1. The molecule has 20 heavy (non-hydrogen) atoms. The molecule has 5 heteroatoms. The van der Waals surface area contributed by atoms with Gasteiger partial charge in [-0.2, -0.15) is 8.78 Å². The fraction of sp³-hybridized carbons (Fsp3) is 0.133. The molecule has 0 atom stereocenters. The number of halogens is 3. The smallest absolute Gasteiger partial charge is 0.326 e. The summed E-state index contributed by atoms with van der Waals surface area (Å²) in [5, 5.41) is -0.872. The highest BCUT2D eigenvalue weighted by atomic mass is 35.5. The van der Waals surface area contributed by atoms with Crippen molar-refractivity contribution in [2.24, 2.45) is 0 Å². The number of nitrogens with one attached hydrogen (secondary N) is 1. The highest BCUT2D eigenvalue weighted by molar-refractivity contribution is 6.21. The van der Waals surface area contributed by atoms with E-state index in [1.165, 1.54) is 18.2 Å². The third kappa shape index (κ3) is 4.03. The lowest BCUT2D eigenvalue weighted by atomic mass is 10.1. The number of carbonyl (C=O) groups is 1. The summed E-state index contributed by atoms with van der Waals surface area (Å²) in [5.74, 6) is -0.272. The maximum atomic E-state index is 13.0. The number of alkyl halides is 3. The molecule has 104 valence electrons. The van der Waals surface area contributed by atoms with Gasteiger partial charge in [-0.05, 0) is 29.3 Å². The van der Waals surface area contributed by atoms with Gasteiger partial charge in [-0.25, -0.2) is 0 Å². The van der Waals surface area contributed by atoms with Gasteiger partial charge >= 0.3 is 5.38 Å². The van der Waals surface area contributed by atoms with E-state index in [9.17, 15) is 13.6 Å². The molecule has 0 fully saturated rings. The van der Waals surface area contributed by atoms with Crippen molar-refractivity contribution in [3.8, 4) is 0 Å². The predicted molar refractivity (Wildman–Crippen MR) is 75.0 cm³/mol. The fourth-order valence-corrected chi connectivity index (χ4v) is 1.88. The van der Waals surface area contributed by atoms with Crippen LogP contribution >= 0.6 is 11.6 Å². The molecule has 0 heterocycles. The highest BCUT2D eigenvalue weighted by Gasteiger charge is 2.27. The van der Waals surface area contributed by atoms with E-state index in [0.29, 0.717) is 5.69 Å². The molecule has 2 aromatic carbocycles. The van der Waals surface area contributed by atoms with Gasteiger partial charge in [0.1, 0.15) is 0 Å². The number of hydrogen-bond acceptors (Lipinski definition) is 1. The number of benzene rings is 2. The molecule has 1 amide bonds. The Morgan fingerprint density at radius 1 is 1.10 bits per heavy atom. The van der Waals surface area contributed by atoms with Gasteiger partial charge in [-0.1, -0.05) is 42.5 Å². The summed E-state index contributed by atoms with van der Waals surface area (Å²) in [6.45, 7) is 0. The molecule has 2 aromatic rings. The van der Waals surface area contributed by atoms with Crippen LogP contribution in [-0.4, -0.2) is 5.91 Å². The van der Waals surface area contributed by atoms with Crippen LogP contribution in [0, 0.1) is 0 Å². The molecule has 0 saturated carbocycles. The van der Waals surface area contributed by atoms with Crippen LogP contribution in [-0.2, 0) is 16.6 Å². The van der Waals surface area contributed by atoms with Crippen LogP contribution < -0.4 is 5.32 Å². The van der Waals surface area contributed by atoms with Crippen molar-refractivity contribution in [3.05, 3.63) is 65.7 Å². The number of amides is 1. The van der Waals surface area contributed by atoms with Gasteiger partial charge in [0.25, 0.3) is 0 Å². The van der Waals surface area contributed by atoms with Gasteiger partial charge in [0.05, 0.1) is 6.42 Å². The van der Waals surface area contributed by atoms with E-state index in [-0.39, 0.29) is 17.9 Å². The summed E-state index contributed by atoms with van der Waals surface area (Å²) >= 11 is 4.95. The van der Waals surface area contributed by atoms with Crippen LogP contribution in [0.15, 0.2) is 54.6 Å². The van der Waals surface area contributed by atoms with Crippen LogP contribution in [0.1, 0.15) is 11.1 Å². The number of hydrogen-bond donors (Lipinski definition) is 1. The molecule has 0 aromatic heterocycles. The van der Waals surface area contributed by atoms with Gasteiger partial charge in [-0.15, -0.1) is 0 Å². The lowest BCUT2D eigenvalue weighted by Crippen LogP contribution is -2.15. The molecule has 1 N–H and O–H groups in total. The van der Waals surface area contributed by atoms with Crippen molar-refractivity contribution < 1.29 is 13.6 Å². The van der Waals surface area contributed by atoms with Crippen molar-refractivity contribution in [3.63, 3.8) is 0 Å². The van der Waals surface area contributed by atoms with Crippen molar-refractivity contribution in [1.82, 2.24) is 0 Å². The third-order valence-corrected chi connectivity index (χ3v) is 2.90. The predicted octanol–water partition coefficient (Wildman–Crippen LogP) is 4.16. The molecular weight excluding hydrogens is 284 g/mol. The first-order valence-electron chi connectivity index (χ1n) is 5.96. The zero-order valence-corrected chi connectivity index (χ0v) is 11.2. The van der Waals surface area contributed by atoms with Gasteiger partial charge in [0.2, 0.25) is 5.91 Å². The van der Waals surface area contributed by atoms with Crippen molar-refractivity contribution >= 4 is 23.2 Å². The standard InChI is InChI=1S/C15H12ClF2NO/c16-15(17,18)12-7-4-8-13(10-12)19-14(20)9-11-5-2-1-3-6-11/h1-8,10H,9H2,(H,19,20). The first kappa shape index (κ1) is 14.5. The Labute approximate surface area is 120 Å². The summed E-state index contributed by atoms with van der Waals surface area (Å²) in [6, 6.07) is 14.5. The first-order chi connectivity index (χ1) is 9.45. The van der Waals surface area contributed by atoms with E-state index in [4.69, 9.17) is 11.6 Å². The Balaban J connectivity index is 2.05. The van der Waals surface area contributed by atoms with Crippen LogP contribution in [0.4, 0.5) is 14.5 Å². The Morgan fingerprint density at radius 2 is 1.80 bits per heavy atom. The summed E-state index contributed by atoms with van der Waals surface area (Å²) in [4.78, 5) is 11.8. The van der Waals surface area contributed by atoms with Gasteiger partial charge in [0, 0.05) is 11.3 Å². The molecule has 0 spiro atoms.